The van der Waals surface area contributed by atoms with Crippen molar-refractivity contribution < 1.29 is 13.9 Å². The molecule has 1 N–H and O–H groups in total. The van der Waals surface area contributed by atoms with Crippen molar-refractivity contribution in [3.8, 4) is 5.75 Å². The zero-order valence-electron chi connectivity index (χ0n) is 13.6. The van der Waals surface area contributed by atoms with Crippen LogP contribution >= 0.6 is 0 Å². The van der Waals surface area contributed by atoms with Crippen molar-refractivity contribution >= 4 is 0 Å². The third kappa shape index (κ3) is 8.02. The summed E-state index contributed by atoms with van der Waals surface area (Å²) in [5.41, 5.74) is 0.918. The number of hydrogen-bond donors (Lipinski definition) is 1. The molecule has 3 nitrogen and oxygen atoms in total. The Morgan fingerprint density at radius 3 is 2.48 bits per heavy atom. The quantitative estimate of drug-likeness (QED) is 0.667. The first-order chi connectivity index (χ1) is 9.99. The van der Waals surface area contributed by atoms with Crippen LogP contribution in [0.3, 0.4) is 0 Å². The van der Waals surface area contributed by atoms with Gasteiger partial charge in [-0.25, -0.2) is 4.39 Å². The van der Waals surface area contributed by atoms with Gasteiger partial charge in [0, 0.05) is 19.2 Å². The van der Waals surface area contributed by atoms with E-state index in [9.17, 15) is 4.39 Å². The number of halogens is 1. The van der Waals surface area contributed by atoms with Crippen molar-refractivity contribution in [2.45, 2.75) is 46.7 Å². The maximum absolute atomic E-state index is 13.9. The van der Waals surface area contributed by atoms with E-state index in [4.69, 9.17) is 9.47 Å². The summed E-state index contributed by atoms with van der Waals surface area (Å²) in [4.78, 5) is 0. The van der Waals surface area contributed by atoms with Crippen molar-refractivity contribution in [2.75, 3.05) is 19.8 Å². The van der Waals surface area contributed by atoms with Gasteiger partial charge in [-0.15, -0.1) is 0 Å². The Bertz CT molecular complexity index is 408. The molecule has 1 aromatic carbocycles. The van der Waals surface area contributed by atoms with E-state index in [1.54, 1.807) is 6.07 Å². The minimum Gasteiger partial charge on any atom is -0.488 e. The van der Waals surface area contributed by atoms with Crippen molar-refractivity contribution in [1.82, 2.24) is 5.32 Å². The summed E-state index contributed by atoms with van der Waals surface area (Å²) >= 11 is 0. The van der Waals surface area contributed by atoms with E-state index in [1.807, 2.05) is 6.07 Å². The van der Waals surface area contributed by atoms with Gasteiger partial charge in [0.15, 0.2) is 11.6 Å². The fraction of sp³-hybridized carbons (Fsp3) is 0.647. The van der Waals surface area contributed by atoms with Crippen molar-refractivity contribution in [3.63, 3.8) is 0 Å². The molecule has 0 fully saturated rings. The molecule has 4 heteroatoms. The average molecular weight is 297 g/mol. The molecule has 21 heavy (non-hydrogen) atoms. The molecule has 0 amide bonds. The molecule has 0 aliphatic carbocycles. The number of benzene rings is 1. The molecule has 0 aromatic heterocycles. The van der Waals surface area contributed by atoms with Gasteiger partial charge in [0.05, 0.1) is 6.61 Å². The van der Waals surface area contributed by atoms with Crippen LogP contribution in [0.15, 0.2) is 18.2 Å². The van der Waals surface area contributed by atoms with Gasteiger partial charge in [-0.2, -0.15) is 0 Å². The van der Waals surface area contributed by atoms with Crippen LogP contribution < -0.4 is 10.1 Å². The zero-order chi connectivity index (χ0) is 15.7. The largest absolute Gasteiger partial charge is 0.488 e. The molecule has 0 radical (unpaired) electrons. The van der Waals surface area contributed by atoms with E-state index in [1.165, 1.54) is 6.07 Å². The number of ether oxygens (including phenoxy) is 2. The molecule has 0 spiro atoms. The first-order valence-electron chi connectivity index (χ1n) is 7.71. The van der Waals surface area contributed by atoms with Crippen molar-refractivity contribution in [3.05, 3.63) is 29.6 Å². The molecular formula is C17H28FNO2. The van der Waals surface area contributed by atoms with Crippen LogP contribution in [0.4, 0.5) is 4.39 Å². The van der Waals surface area contributed by atoms with Crippen LogP contribution in [0.2, 0.25) is 0 Å². The van der Waals surface area contributed by atoms with E-state index >= 15 is 0 Å². The second-order valence-electron chi connectivity index (χ2n) is 5.94. The molecular weight excluding hydrogens is 269 g/mol. The fourth-order valence-corrected chi connectivity index (χ4v) is 1.72. The minimum absolute atomic E-state index is 0.288. The maximum Gasteiger partial charge on any atom is 0.165 e. The lowest BCUT2D eigenvalue weighted by Crippen LogP contribution is -2.21. The predicted molar refractivity (Wildman–Crippen MR) is 84.1 cm³/mol. The monoisotopic (exact) mass is 297 g/mol. The molecule has 0 aliphatic rings. The van der Waals surface area contributed by atoms with Crippen LogP contribution in [0.25, 0.3) is 0 Å². The zero-order valence-corrected chi connectivity index (χ0v) is 13.6. The Morgan fingerprint density at radius 1 is 1.10 bits per heavy atom. The van der Waals surface area contributed by atoms with E-state index in [0.29, 0.717) is 31.7 Å². The fourth-order valence-electron chi connectivity index (χ4n) is 1.72. The first-order valence-corrected chi connectivity index (χ1v) is 7.71. The summed E-state index contributed by atoms with van der Waals surface area (Å²) in [6.07, 6.45) is 1.03. The third-order valence-corrected chi connectivity index (χ3v) is 3.04. The van der Waals surface area contributed by atoms with E-state index in [0.717, 1.165) is 18.6 Å². The number of rotatable bonds is 10. The normalized spacial score (nSPS) is 11.4. The topological polar surface area (TPSA) is 30.5 Å². The Hall–Kier alpha value is -1.13. The third-order valence-electron chi connectivity index (χ3n) is 3.04. The molecule has 1 rings (SSSR count). The molecule has 0 aliphatic heterocycles. The second kappa shape index (κ2) is 9.74. The van der Waals surface area contributed by atoms with E-state index in [-0.39, 0.29) is 11.6 Å². The first kappa shape index (κ1) is 17.9. The SMILES string of the molecule is CC(C)CCOCCOc1ccc(CNC(C)C)cc1F. The summed E-state index contributed by atoms with van der Waals surface area (Å²) in [6.45, 7) is 10.7. The Balaban J connectivity index is 2.29. The Kier molecular flexibility index (Phi) is 8.31. The summed E-state index contributed by atoms with van der Waals surface area (Å²) in [5, 5.41) is 3.26. The molecule has 0 saturated carbocycles. The standard InChI is InChI=1S/C17H28FNO2/c1-13(2)7-8-20-9-10-21-17-6-5-15(11-16(17)18)12-19-14(3)4/h5-6,11,13-14,19H,7-10,12H2,1-4H3. The number of hydrogen-bond acceptors (Lipinski definition) is 3. The van der Waals surface area contributed by atoms with Crippen molar-refractivity contribution in [1.29, 1.82) is 0 Å². The lowest BCUT2D eigenvalue weighted by molar-refractivity contribution is 0.0913. The molecule has 0 unspecified atom stereocenters. The lowest BCUT2D eigenvalue weighted by Gasteiger charge is -2.11. The van der Waals surface area contributed by atoms with Gasteiger partial charge in [-0.3, -0.25) is 0 Å². The molecule has 0 heterocycles. The summed E-state index contributed by atoms with van der Waals surface area (Å²) < 4.78 is 24.7. The highest BCUT2D eigenvalue weighted by molar-refractivity contribution is 5.29. The van der Waals surface area contributed by atoms with Gasteiger partial charge >= 0.3 is 0 Å². The van der Waals surface area contributed by atoms with Gasteiger partial charge in [0.25, 0.3) is 0 Å². The summed E-state index contributed by atoms with van der Waals surface area (Å²) in [5.74, 6) is 0.603. The second-order valence-corrected chi connectivity index (χ2v) is 5.94. The van der Waals surface area contributed by atoms with Crippen LogP contribution in [-0.4, -0.2) is 25.9 Å². The van der Waals surface area contributed by atoms with E-state index < -0.39 is 0 Å². The Morgan fingerprint density at radius 2 is 1.86 bits per heavy atom. The van der Waals surface area contributed by atoms with Gasteiger partial charge in [0.1, 0.15) is 6.61 Å². The predicted octanol–water partition coefficient (Wildman–Crippen LogP) is 3.77. The smallest absolute Gasteiger partial charge is 0.165 e. The molecule has 0 bridgehead atoms. The Labute approximate surface area is 127 Å². The molecule has 0 atom stereocenters. The van der Waals surface area contributed by atoms with Gasteiger partial charge in [-0.1, -0.05) is 33.8 Å². The molecule has 0 saturated heterocycles. The highest BCUT2D eigenvalue weighted by Crippen LogP contribution is 2.18. The summed E-state index contributed by atoms with van der Waals surface area (Å²) in [6, 6.07) is 5.46. The number of nitrogens with one attached hydrogen (secondary N) is 1. The summed E-state index contributed by atoms with van der Waals surface area (Å²) in [7, 11) is 0. The van der Waals surface area contributed by atoms with Crippen LogP contribution in [-0.2, 0) is 11.3 Å². The molecule has 120 valence electrons. The molecule has 1 aromatic rings. The van der Waals surface area contributed by atoms with Gasteiger partial charge in [-0.05, 0) is 30.0 Å². The van der Waals surface area contributed by atoms with Crippen LogP contribution in [0.1, 0.15) is 39.7 Å². The lowest BCUT2D eigenvalue weighted by atomic mass is 10.1. The van der Waals surface area contributed by atoms with Crippen molar-refractivity contribution in [2.24, 2.45) is 5.92 Å². The van der Waals surface area contributed by atoms with Crippen LogP contribution in [0.5, 0.6) is 5.75 Å². The van der Waals surface area contributed by atoms with Gasteiger partial charge < -0.3 is 14.8 Å². The maximum atomic E-state index is 13.9. The average Bonchev–Trinajstić information content (AvgIpc) is 2.41. The van der Waals surface area contributed by atoms with Crippen LogP contribution in [0, 0.1) is 11.7 Å². The highest BCUT2D eigenvalue weighted by atomic mass is 19.1. The van der Waals surface area contributed by atoms with E-state index in [2.05, 4.69) is 33.0 Å². The van der Waals surface area contributed by atoms with Gasteiger partial charge in [0.2, 0.25) is 0 Å². The minimum atomic E-state index is -0.319. The highest BCUT2D eigenvalue weighted by Gasteiger charge is 2.05.